The molecule has 0 spiro atoms. The molecule has 1 aliphatic rings. The number of aromatic nitrogens is 2. The fourth-order valence-electron chi connectivity index (χ4n) is 2.51. The van der Waals surface area contributed by atoms with Gasteiger partial charge in [-0.3, -0.25) is 0 Å². The van der Waals surface area contributed by atoms with Gasteiger partial charge >= 0.3 is 0 Å². The van der Waals surface area contributed by atoms with Crippen molar-refractivity contribution < 1.29 is 9.47 Å². The minimum atomic E-state index is -0.389. The molecule has 7 heteroatoms. The topological polar surface area (TPSA) is 96.9 Å². The molecule has 2 heterocycles. The standard InChI is InChI=1S/C15H13BrN4O2/c1-7-19-13-12(9-5-8(21-2)3-4-11(9)16)10(6-17)14(18)22-15(13)20-7/h3-5,12H,18H2,1-2H3,(H,19,20). The van der Waals surface area contributed by atoms with Crippen molar-refractivity contribution in [2.75, 3.05) is 7.11 Å². The molecule has 22 heavy (non-hydrogen) atoms. The maximum Gasteiger partial charge on any atom is 0.243 e. The molecule has 0 saturated heterocycles. The van der Waals surface area contributed by atoms with Crippen LogP contribution in [0.3, 0.4) is 0 Å². The zero-order valence-electron chi connectivity index (χ0n) is 12.0. The first-order chi connectivity index (χ1) is 10.5. The van der Waals surface area contributed by atoms with Crippen molar-refractivity contribution in [1.29, 1.82) is 5.26 Å². The molecular formula is C15H13BrN4O2. The molecule has 1 aromatic heterocycles. The number of aryl methyl sites for hydroxylation is 1. The second-order valence-electron chi connectivity index (χ2n) is 4.85. The molecule has 0 radical (unpaired) electrons. The molecule has 0 fully saturated rings. The highest BCUT2D eigenvalue weighted by Crippen LogP contribution is 2.43. The van der Waals surface area contributed by atoms with E-state index in [1.807, 2.05) is 25.1 Å². The highest BCUT2D eigenvalue weighted by molar-refractivity contribution is 9.10. The molecule has 1 unspecified atom stereocenters. The molecule has 1 aromatic carbocycles. The van der Waals surface area contributed by atoms with E-state index in [-0.39, 0.29) is 11.8 Å². The molecule has 0 amide bonds. The predicted molar refractivity (Wildman–Crippen MR) is 83.3 cm³/mol. The second-order valence-corrected chi connectivity index (χ2v) is 5.71. The predicted octanol–water partition coefficient (Wildman–Crippen LogP) is 2.71. The summed E-state index contributed by atoms with van der Waals surface area (Å²) >= 11 is 3.53. The van der Waals surface area contributed by atoms with E-state index in [9.17, 15) is 5.26 Å². The summed E-state index contributed by atoms with van der Waals surface area (Å²) in [5, 5.41) is 9.49. The van der Waals surface area contributed by atoms with Gasteiger partial charge in [0.1, 0.15) is 23.2 Å². The Labute approximate surface area is 135 Å². The molecule has 0 aliphatic carbocycles. The second kappa shape index (κ2) is 5.39. The van der Waals surface area contributed by atoms with E-state index in [1.165, 1.54) is 0 Å². The van der Waals surface area contributed by atoms with Gasteiger partial charge in [0.2, 0.25) is 11.8 Å². The number of halogens is 1. The van der Waals surface area contributed by atoms with Crippen molar-refractivity contribution in [3.63, 3.8) is 0 Å². The lowest BCUT2D eigenvalue weighted by Crippen LogP contribution is -2.21. The van der Waals surface area contributed by atoms with Crippen molar-refractivity contribution in [1.82, 2.24) is 9.97 Å². The van der Waals surface area contributed by atoms with Crippen LogP contribution >= 0.6 is 15.9 Å². The van der Waals surface area contributed by atoms with Crippen molar-refractivity contribution in [2.45, 2.75) is 12.8 Å². The average Bonchev–Trinajstić information content (AvgIpc) is 2.86. The van der Waals surface area contributed by atoms with Crippen molar-refractivity contribution in [3.8, 4) is 17.7 Å². The van der Waals surface area contributed by atoms with Gasteiger partial charge in [0.05, 0.1) is 18.7 Å². The number of benzene rings is 1. The first-order valence-electron chi connectivity index (χ1n) is 6.52. The maximum atomic E-state index is 9.49. The Morgan fingerprint density at radius 3 is 2.95 bits per heavy atom. The average molecular weight is 361 g/mol. The summed E-state index contributed by atoms with van der Waals surface area (Å²) in [4.78, 5) is 7.43. The monoisotopic (exact) mass is 360 g/mol. The number of aromatic amines is 1. The first kappa shape index (κ1) is 14.5. The van der Waals surface area contributed by atoms with Crippen molar-refractivity contribution in [2.24, 2.45) is 5.73 Å². The Balaban J connectivity index is 2.25. The van der Waals surface area contributed by atoms with Crippen LogP contribution in [0.15, 0.2) is 34.1 Å². The lowest BCUT2D eigenvalue weighted by atomic mass is 9.87. The molecule has 0 bridgehead atoms. The Morgan fingerprint density at radius 2 is 2.27 bits per heavy atom. The number of nitrogens with two attached hydrogens (primary N) is 1. The fourth-order valence-corrected chi connectivity index (χ4v) is 2.98. The minimum absolute atomic E-state index is 0.0706. The fraction of sp³-hybridized carbons (Fsp3) is 0.200. The van der Waals surface area contributed by atoms with Crippen LogP contribution in [0, 0.1) is 18.3 Å². The molecule has 1 aliphatic heterocycles. The van der Waals surface area contributed by atoms with Crippen LogP contribution in [0.5, 0.6) is 11.6 Å². The molecule has 0 saturated carbocycles. The number of rotatable bonds is 2. The van der Waals surface area contributed by atoms with Gasteiger partial charge in [-0.05, 0) is 30.7 Å². The van der Waals surface area contributed by atoms with Crippen LogP contribution in [0.2, 0.25) is 0 Å². The summed E-state index contributed by atoms with van der Waals surface area (Å²) in [6.07, 6.45) is 0. The number of methoxy groups -OCH3 is 1. The van der Waals surface area contributed by atoms with Crippen LogP contribution in [0.4, 0.5) is 0 Å². The van der Waals surface area contributed by atoms with Gasteiger partial charge in [-0.1, -0.05) is 15.9 Å². The van der Waals surface area contributed by atoms with Crippen LogP contribution in [-0.2, 0) is 0 Å². The van der Waals surface area contributed by atoms with Crippen molar-refractivity contribution >= 4 is 15.9 Å². The molecule has 6 nitrogen and oxygen atoms in total. The number of hydrogen-bond acceptors (Lipinski definition) is 5. The number of H-pyrrole nitrogens is 1. The highest BCUT2D eigenvalue weighted by Gasteiger charge is 2.34. The van der Waals surface area contributed by atoms with Gasteiger partial charge in [0.25, 0.3) is 0 Å². The number of nitrogens with zero attached hydrogens (tertiary/aromatic N) is 2. The van der Waals surface area contributed by atoms with Crippen molar-refractivity contribution in [3.05, 3.63) is 51.2 Å². The molecule has 112 valence electrons. The smallest absolute Gasteiger partial charge is 0.243 e. The van der Waals surface area contributed by atoms with Crippen LogP contribution in [0.1, 0.15) is 23.0 Å². The van der Waals surface area contributed by atoms with E-state index >= 15 is 0 Å². The third kappa shape index (κ3) is 2.22. The zero-order valence-corrected chi connectivity index (χ0v) is 13.6. The van der Waals surface area contributed by atoms with E-state index in [4.69, 9.17) is 15.2 Å². The van der Waals surface area contributed by atoms with Gasteiger partial charge in [0.15, 0.2) is 0 Å². The number of imidazole rings is 1. The summed E-state index contributed by atoms with van der Waals surface area (Å²) in [5.41, 5.74) is 7.79. The number of fused-ring (bicyclic) bond motifs is 1. The lowest BCUT2D eigenvalue weighted by molar-refractivity contribution is 0.379. The molecule has 3 rings (SSSR count). The van der Waals surface area contributed by atoms with Gasteiger partial charge < -0.3 is 20.2 Å². The van der Waals surface area contributed by atoms with E-state index in [2.05, 4.69) is 32.0 Å². The molecular weight excluding hydrogens is 348 g/mol. The molecule has 3 N–H and O–H groups in total. The lowest BCUT2D eigenvalue weighted by Gasteiger charge is -2.23. The molecule has 2 aromatic rings. The normalized spacial score (nSPS) is 16.7. The Morgan fingerprint density at radius 1 is 1.50 bits per heavy atom. The summed E-state index contributed by atoms with van der Waals surface area (Å²) in [7, 11) is 1.60. The quantitative estimate of drug-likeness (QED) is 0.857. The summed E-state index contributed by atoms with van der Waals surface area (Å²) in [6, 6.07) is 7.71. The van der Waals surface area contributed by atoms with Gasteiger partial charge in [-0.2, -0.15) is 10.2 Å². The van der Waals surface area contributed by atoms with E-state index in [1.54, 1.807) is 7.11 Å². The zero-order chi connectivity index (χ0) is 15.9. The largest absolute Gasteiger partial charge is 0.497 e. The van der Waals surface area contributed by atoms with Crippen LogP contribution in [0.25, 0.3) is 0 Å². The number of allylic oxidation sites excluding steroid dienone is 1. The van der Waals surface area contributed by atoms with Gasteiger partial charge in [0, 0.05) is 4.47 Å². The van der Waals surface area contributed by atoms with Crippen LogP contribution < -0.4 is 15.2 Å². The van der Waals surface area contributed by atoms with Gasteiger partial charge in [-0.25, -0.2) is 0 Å². The maximum absolute atomic E-state index is 9.49. The Bertz CT molecular complexity index is 819. The summed E-state index contributed by atoms with van der Waals surface area (Å²) in [5.74, 6) is 1.47. The third-order valence-corrected chi connectivity index (χ3v) is 4.22. The number of ether oxygens (including phenoxy) is 2. The summed E-state index contributed by atoms with van der Waals surface area (Å²) < 4.78 is 11.6. The van der Waals surface area contributed by atoms with E-state index in [0.717, 1.165) is 10.0 Å². The minimum Gasteiger partial charge on any atom is -0.497 e. The first-order valence-corrected chi connectivity index (χ1v) is 7.32. The number of nitriles is 1. The third-order valence-electron chi connectivity index (χ3n) is 3.50. The van der Waals surface area contributed by atoms with Crippen LogP contribution in [-0.4, -0.2) is 17.1 Å². The number of hydrogen-bond donors (Lipinski definition) is 2. The molecule has 1 atom stereocenters. The highest BCUT2D eigenvalue weighted by atomic mass is 79.9. The Hall–Kier alpha value is -2.46. The van der Waals surface area contributed by atoms with E-state index in [0.29, 0.717) is 28.7 Å². The SMILES string of the molecule is COc1ccc(Br)c(C2C(C#N)=C(N)Oc3nc(C)[nH]c32)c1. The Kier molecular flexibility index (Phi) is 3.54. The van der Waals surface area contributed by atoms with E-state index < -0.39 is 0 Å². The number of nitrogens with one attached hydrogen (secondary N) is 1. The van der Waals surface area contributed by atoms with Gasteiger partial charge in [-0.15, -0.1) is 0 Å². The summed E-state index contributed by atoms with van der Waals surface area (Å²) in [6.45, 7) is 1.82.